The Kier molecular flexibility index (Phi) is 6.00. The molecule has 122 valence electrons. The minimum Gasteiger partial charge on any atom is -0.466 e. The standard InChI is InChI=1S/C17H25NO3S/c1-4-6-12-10-15(22-11(12)3)16(19)18-14-8-7-13(9-14)17(20)21-5-2/h10,13-14H,4-9H2,1-3H3,(H,18,19)/t13-,14+/m1/s1. The van der Waals surface area contributed by atoms with Gasteiger partial charge in [-0.1, -0.05) is 13.3 Å². The molecule has 0 saturated heterocycles. The number of nitrogens with one attached hydrogen (secondary N) is 1. The molecular formula is C17H25NO3S. The van der Waals surface area contributed by atoms with Crippen molar-refractivity contribution in [3.63, 3.8) is 0 Å². The Morgan fingerprint density at radius 1 is 1.36 bits per heavy atom. The van der Waals surface area contributed by atoms with Crippen molar-refractivity contribution in [1.82, 2.24) is 5.32 Å². The van der Waals surface area contributed by atoms with Crippen LogP contribution in [0, 0.1) is 12.8 Å². The lowest BCUT2D eigenvalue weighted by atomic mass is 10.1. The summed E-state index contributed by atoms with van der Waals surface area (Å²) in [5.41, 5.74) is 1.27. The molecule has 0 spiro atoms. The first-order valence-electron chi connectivity index (χ1n) is 8.11. The maximum Gasteiger partial charge on any atom is 0.308 e. The second-order valence-electron chi connectivity index (χ2n) is 5.87. The lowest BCUT2D eigenvalue weighted by Gasteiger charge is -2.12. The Morgan fingerprint density at radius 3 is 2.82 bits per heavy atom. The summed E-state index contributed by atoms with van der Waals surface area (Å²) in [6.07, 6.45) is 4.44. The van der Waals surface area contributed by atoms with Gasteiger partial charge < -0.3 is 10.1 Å². The van der Waals surface area contributed by atoms with Gasteiger partial charge in [0, 0.05) is 10.9 Å². The van der Waals surface area contributed by atoms with Gasteiger partial charge in [0.25, 0.3) is 5.91 Å². The van der Waals surface area contributed by atoms with E-state index in [9.17, 15) is 9.59 Å². The van der Waals surface area contributed by atoms with Crippen molar-refractivity contribution >= 4 is 23.2 Å². The van der Waals surface area contributed by atoms with Gasteiger partial charge in [0.1, 0.15) is 0 Å². The lowest BCUT2D eigenvalue weighted by molar-refractivity contribution is -0.147. The number of carbonyl (C=O) groups excluding carboxylic acids is 2. The SMILES string of the molecule is CCCc1cc(C(=O)N[C@H]2CC[C@@H](C(=O)OCC)C2)sc1C. The molecule has 2 rings (SSSR count). The summed E-state index contributed by atoms with van der Waals surface area (Å²) in [5.74, 6) is -0.201. The molecule has 22 heavy (non-hydrogen) atoms. The zero-order chi connectivity index (χ0) is 16.1. The number of aryl methyl sites for hydroxylation is 2. The van der Waals surface area contributed by atoms with Crippen LogP contribution in [0.4, 0.5) is 0 Å². The molecule has 1 aromatic rings. The fourth-order valence-corrected chi connectivity index (χ4v) is 3.97. The molecule has 1 heterocycles. The van der Waals surface area contributed by atoms with E-state index in [4.69, 9.17) is 4.74 Å². The Hall–Kier alpha value is -1.36. The molecule has 0 unspecified atom stereocenters. The van der Waals surface area contributed by atoms with Crippen LogP contribution in [0.25, 0.3) is 0 Å². The summed E-state index contributed by atoms with van der Waals surface area (Å²) >= 11 is 1.56. The van der Waals surface area contributed by atoms with E-state index in [-0.39, 0.29) is 23.8 Å². The van der Waals surface area contributed by atoms with Crippen molar-refractivity contribution in [2.24, 2.45) is 5.92 Å². The van der Waals surface area contributed by atoms with Gasteiger partial charge >= 0.3 is 5.97 Å². The van der Waals surface area contributed by atoms with Crippen molar-refractivity contribution < 1.29 is 14.3 Å². The quantitative estimate of drug-likeness (QED) is 0.816. The molecule has 1 aliphatic carbocycles. The molecule has 1 aliphatic rings. The average molecular weight is 323 g/mol. The van der Waals surface area contributed by atoms with Crippen LogP contribution < -0.4 is 5.32 Å². The van der Waals surface area contributed by atoms with E-state index in [0.29, 0.717) is 13.0 Å². The van der Waals surface area contributed by atoms with E-state index in [0.717, 1.165) is 30.6 Å². The molecule has 0 aliphatic heterocycles. The molecule has 1 saturated carbocycles. The van der Waals surface area contributed by atoms with Crippen LogP contribution in [-0.2, 0) is 16.0 Å². The fraction of sp³-hybridized carbons (Fsp3) is 0.647. The average Bonchev–Trinajstić information content (AvgIpc) is 3.07. The third-order valence-electron chi connectivity index (χ3n) is 4.15. The third-order valence-corrected chi connectivity index (χ3v) is 5.24. The monoisotopic (exact) mass is 323 g/mol. The molecule has 0 aromatic carbocycles. The zero-order valence-corrected chi connectivity index (χ0v) is 14.4. The van der Waals surface area contributed by atoms with Gasteiger partial charge in [0.15, 0.2) is 0 Å². The Bertz CT molecular complexity index is 538. The van der Waals surface area contributed by atoms with E-state index >= 15 is 0 Å². The van der Waals surface area contributed by atoms with Gasteiger partial charge in [0.05, 0.1) is 17.4 Å². The molecule has 1 aromatic heterocycles. The summed E-state index contributed by atoms with van der Waals surface area (Å²) in [7, 11) is 0. The molecule has 0 radical (unpaired) electrons. The first-order valence-corrected chi connectivity index (χ1v) is 8.93. The highest BCUT2D eigenvalue weighted by Crippen LogP contribution is 2.28. The van der Waals surface area contributed by atoms with Gasteiger partial charge in [-0.3, -0.25) is 9.59 Å². The number of hydrogen-bond acceptors (Lipinski definition) is 4. The largest absolute Gasteiger partial charge is 0.466 e. The Labute approximate surface area is 136 Å². The first-order chi connectivity index (χ1) is 10.5. The first kappa shape index (κ1) is 17.0. The molecule has 1 amide bonds. The molecule has 2 atom stereocenters. The topological polar surface area (TPSA) is 55.4 Å². The summed E-state index contributed by atoms with van der Waals surface area (Å²) in [6, 6.07) is 2.09. The van der Waals surface area contributed by atoms with Crippen molar-refractivity contribution in [2.75, 3.05) is 6.61 Å². The molecule has 1 fully saturated rings. The predicted molar refractivity (Wildman–Crippen MR) is 88.3 cm³/mol. The maximum atomic E-state index is 12.4. The Morgan fingerprint density at radius 2 is 2.14 bits per heavy atom. The predicted octanol–water partition coefficient (Wildman–Crippen LogP) is 3.47. The van der Waals surface area contributed by atoms with E-state index in [1.807, 2.05) is 13.0 Å². The summed E-state index contributed by atoms with van der Waals surface area (Å²) in [6.45, 7) is 6.45. The van der Waals surface area contributed by atoms with Gasteiger partial charge in [-0.25, -0.2) is 0 Å². The zero-order valence-electron chi connectivity index (χ0n) is 13.6. The molecule has 4 nitrogen and oxygen atoms in total. The van der Waals surface area contributed by atoms with Crippen LogP contribution in [0.2, 0.25) is 0 Å². The third kappa shape index (κ3) is 4.09. The van der Waals surface area contributed by atoms with E-state index < -0.39 is 0 Å². The highest BCUT2D eigenvalue weighted by molar-refractivity contribution is 7.14. The second-order valence-corrected chi connectivity index (χ2v) is 7.13. The van der Waals surface area contributed by atoms with E-state index in [1.54, 1.807) is 11.3 Å². The lowest BCUT2D eigenvalue weighted by Crippen LogP contribution is -2.33. The van der Waals surface area contributed by atoms with Crippen molar-refractivity contribution in [3.05, 3.63) is 21.4 Å². The fourth-order valence-electron chi connectivity index (χ4n) is 2.99. The molecule has 1 N–H and O–H groups in total. The number of ether oxygens (including phenoxy) is 1. The van der Waals surface area contributed by atoms with Gasteiger partial charge in [-0.05, 0) is 51.2 Å². The van der Waals surface area contributed by atoms with Gasteiger partial charge in [-0.2, -0.15) is 0 Å². The summed E-state index contributed by atoms with van der Waals surface area (Å²) < 4.78 is 5.06. The molecule has 5 heteroatoms. The highest BCUT2D eigenvalue weighted by atomic mass is 32.1. The van der Waals surface area contributed by atoms with Crippen LogP contribution in [0.3, 0.4) is 0 Å². The number of rotatable bonds is 6. The smallest absolute Gasteiger partial charge is 0.308 e. The Balaban J connectivity index is 1.90. The van der Waals surface area contributed by atoms with Crippen LogP contribution in [-0.4, -0.2) is 24.5 Å². The minimum atomic E-state index is -0.128. The number of hydrogen-bond donors (Lipinski definition) is 1. The van der Waals surface area contributed by atoms with Gasteiger partial charge in [-0.15, -0.1) is 11.3 Å². The van der Waals surface area contributed by atoms with Crippen molar-refractivity contribution in [1.29, 1.82) is 0 Å². The van der Waals surface area contributed by atoms with Crippen molar-refractivity contribution in [3.8, 4) is 0 Å². The normalized spacial score (nSPS) is 20.9. The van der Waals surface area contributed by atoms with Crippen LogP contribution in [0.5, 0.6) is 0 Å². The molecular weight excluding hydrogens is 298 g/mol. The number of esters is 1. The van der Waals surface area contributed by atoms with Crippen LogP contribution in [0.15, 0.2) is 6.07 Å². The summed E-state index contributed by atoms with van der Waals surface area (Å²) in [5, 5.41) is 3.07. The number of thiophene rings is 1. The van der Waals surface area contributed by atoms with Crippen LogP contribution >= 0.6 is 11.3 Å². The van der Waals surface area contributed by atoms with E-state index in [2.05, 4.69) is 19.2 Å². The summed E-state index contributed by atoms with van der Waals surface area (Å²) in [4.78, 5) is 26.1. The van der Waals surface area contributed by atoms with Crippen LogP contribution in [0.1, 0.15) is 59.6 Å². The minimum absolute atomic E-state index is 0.00929. The van der Waals surface area contributed by atoms with Gasteiger partial charge in [0.2, 0.25) is 0 Å². The maximum absolute atomic E-state index is 12.4. The molecule has 0 bridgehead atoms. The number of amides is 1. The highest BCUT2D eigenvalue weighted by Gasteiger charge is 2.32. The van der Waals surface area contributed by atoms with E-state index in [1.165, 1.54) is 10.4 Å². The number of carbonyl (C=O) groups is 2. The second kappa shape index (κ2) is 7.77. The van der Waals surface area contributed by atoms with Crippen molar-refractivity contribution in [2.45, 2.75) is 58.9 Å².